The van der Waals surface area contributed by atoms with Crippen LogP contribution in [0.4, 0.5) is 4.79 Å². The van der Waals surface area contributed by atoms with Gasteiger partial charge in [-0.25, -0.2) is 9.59 Å². The van der Waals surface area contributed by atoms with Gasteiger partial charge >= 0.3 is 18.1 Å². The Morgan fingerprint density at radius 1 is 1.07 bits per heavy atom. The number of esters is 2. The number of rotatable bonds is 4. The zero-order chi connectivity index (χ0) is 31.7. The predicted octanol–water partition coefficient (Wildman–Crippen LogP) is 2.08. The lowest BCUT2D eigenvalue weighted by atomic mass is 9.45. The van der Waals surface area contributed by atoms with Crippen LogP contribution in [0, 0.1) is 22.7 Å². The maximum Gasteiger partial charge on any atom is 0.508 e. The van der Waals surface area contributed by atoms with Gasteiger partial charge < -0.3 is 39.0 Å². The van der Waals surface area contributed by atoms with Gasteiger partial charge in [0.05, 0.1) is 42.8 Å². The lowest BCUT2D eigenvalue weighted by Crippen LogP contribution is -2.81. The fourth-order valence-electron chi connectivity index (χ4n) is 7.82. The molecule has 3 aliphatic carbocycles. The second-order valence-corrected chi connectivity index (χ2v) is 12.8. The molecule has 12 heteroatoms. The van der Waals surface area contributed by atoms with Gasteiger partial charge in [-0.2, -0.15) is 0 Å². The van der Waals surface area contributed by atoms with E-state index in [9.17, 15) is 34.5 Å². The molecule has 43 heavy (non-hydrogen) atoms. The molecule has 0 amide bonds. The number of Topliss-reactive ketones (excluding diaryl/α,β-unsaturated/α-hetero) is 1. The molecule has 1 aliphatic heterocycles. The lowest BCUT2D eigenvalue weighted by molar-refractivity contribution is -0.343. The minimum atomic E-state index is -2.15. The second-order valence-electron chi connectivity index (χ2n) is 12.8. The standard InChI is InChI=1S/C31H38O12/c1-15-18(33)13-31(38)25(42-26(36)17-10-8-7-9-11-17)23-29(5,24(35)22(41-16(2)32)21(15)28(31,3)4)19(34)12-20-30(23,14-40-20)43-27(37)39-6/h7-11,15,18-20,23,25,33-34,38H,12-14H2,1-6H3. The molecular weight excluding hydrogens is 564 g/mol. The van der Waals surface area contributed by atoms with Crippen molar-refractivity contribution in [3.8, 4) is 0 Å². The number of allylic oxidation sites excluding steroid dienone is 1. The van der Waals surface area contributed by atoms with Crippen molar-refractivity contribution < 1.29 is 58.2 Å². The number of benzene rings is 1. The van der Waals surface area contributed by atoms with Crippen LogP contribution in [0.5, 0.6) is 0 Å². The van der Waals surface area contributed by atoms with Gasteiger partial charge in [0, 0.05) is 31.1 Å². The summed E-state index contributed by atoms with van der Waals surface area (Å²) in [6, 6.07) is 7.98. The summed E-state index contributed by atoms with van der Waals surface area (Å²) in [5.74, 6) is -5.17. The highest BCUT2D eigenvalue weighted by Gasteiger charge is 2.78. The largest absolute Gasteiger partial charge is 0.508 e. The first-order chi connectivity index (χ1) is 20.1. The molecule has 1 heterocycles. The van der Waals surface area contributed by atoms with E-state index < -0.39 is 87.9 Å². The molecule has 9 atom stereocenters. The van der Waals surface area contributed by atoms with Crippen LogP contribution in [0.15, 0.2) is 41.7 Å². The van der Waals surface area contributed by atoms with E-state index in [-0.39, 0.29) is 30.6 Å². The molecule has 12 nitrogen and oxygen atoms in total. The minimum Gasteiger partial charge on any atom is -0.455 e. The smallest absolute Gasteiger partial charge is 0.455 e. The highest BCUT2D eigenvalue weighted by Crippen LogP contribution is 2.64. The van der Waals surface area contributed by atoms with Crippen LogP contribution in [0.25, 0.3) is 0 Å². The topological polar surface area (TPSA) is 175 Å². The molecule has 4 aliphatic rings. The molecule has 9 unspecified atom stereocenters. The van der Waals surface area contributed by atoms with E-state index in [0.717, 1.165) is 14.0 Å². The summed E-state index contributed by atoms with van der Waals surface area (Å²) in [6.07, 6.45) is -7.00. The molecule has 234 valence electrons. The van der Waals surface area contributed by atoms with E-state index in [1.807, 2.05) is 0 Å². The second kappa shape index (κ2) is 10.4. The number of aliphatic hydroxyl groups excluding tert-OH is 2. The van der Waals surface area contributed by atoms with Crippen molar-refractivity contribution in [3.63, 3.8) is 0 Å². The van der Waals surface area contributed by atoms with E-state index in [4.69, 9.17) is 23.7 Å². The number of fused-ring (bicyclic) bond motifs is 5. The molecule has 1 aromatic carbocycles. The zero-order valence-corrected chi connectivity index (χ0v) is 25.0. The van der Waals surface area contributed by atoms with E-state index >= 15 is 0 Å². The molecule has 1 aromatic rings. The van der Waals surface area contributed by atoms with Crippen LogP contribution in [0.2, 0.25) is 0 Å². The fraction of sp³-hybridized carbons (Fsp3) is 0.613. The molecule has 1 saturated heterocycles. The molecule has 2 saturated carbocycles. The number of hydrogen-bond acceptors (Lipinski definition) is 12. The monoisotopic (exact) mass is 602 g/mol. The van der Waals surface area contributed by atoms with Crippen LogP contribution in [-0.2, 0) is 33.3 Å². The average Bonchev–Trinajstić information content (AvgIpc) is 2.95. The number of hydrogen-bond donors (Lipinski definition) is 3. The fourth-order valence-corrected chi connectivity index (χ4v) is 7.82. The van der Waals surface area contributed by atoms with Gasteiger partial charge in [0.2, 0.25) is 5.78 Å². The highest BCUT2D eigenvalue weighted by molar-refractivity contribution is 6.02. The molecule has 3 N–H and O–H groups in total. The summed E-state index contributed by atoms with van der Waals surface area (Å²) in [6.45, 7) is 7.10. The third-order valence-electron chi connectivity index (χ3n) is 10.3. The molecule has 2 bridgehead atoms. The van der Waals surface area contributed by atoms with E-state index in [1.165, 1.54) is 19.1 Å². The number of ether oxygens (including phenoxy) is 5. The first-order valence-electron chi connectivity index (χ1n) is 14.3. The van der Waals surface area contributed by atoms with Gasteiger partial charge in [0.1, 0.15) is 17.8 Å². The van der Waals surface area contributed by atoms with Gasteiger partial charge in [0.15, 0.2) is 11.4 Å². The van der Waals surface area contributed by atoms with E-state index in [1.54, 1.807) is 39.0 Å². The summed E-state index contributed by atoms with van der Waals surface area (Å²) in [7, 11) is 1.10. The SMILES string of the molecule is COC(=O)OC12COC1CC(O)C1(C)C(=O)C(OC(C)=O)=C3C(C)C(O)CC(O)(C(OC(=O)c4ccccc4)C21)C3(C)C. The van der Waals surface area contributed by atoms with Gasteiger partial charge in [-0.3, -0.25) is 9.59 Å². The Labute approximate surface area is 248 Å². The van der Waals surface area contributed by atoms with Crippen molar-refractivity contribution in [3.05, 3.63) is 47.2 Å². The maximum atomic E-state index is 14.8. The summed E-state index contributed by atoms with van der Waals surface area (Å²) >= 11 is 0. The molecule has 5 rings (SSSR count). The van der Waals surface area contributed by atoms with Crippen LogP contribution < -0.4 is 0 Å². The Morgan fingerprint density at radius 2 is 1.72 bits per heavy atom. The summed E-state index contributed by atoms with van der Waals surface area (Å²) < 4.78 is 28.1. The molecule has 0 aromatic heterocycles. The Kier molecular flexibility index (Phi) is 7.52. The van der Waals surface area contributed by atoms with Crippen molar-refractivity contribution in [2.45, 2.75) is 83.1 Å². The number of carbonyl (C=O) groups is 4. The molecule has 0 radical (unpaired) electrons. The van der Waals surface area contributed by atoms with Crippen molar-refractivity contribution in [2.75, 3.05) is 13.7 Å². The number of methoxy groups -OCH3 is 1. The van der Waals surface area contributed by atoms with Gasteiger partial charge in [-0.05, 0) is 24.6 Å². The Morgan fingerprint density at radius 3 is 2.28 bits per heavy atom. The maximum absolute atomic E-state index is 14.8. The molecule has 3 fully saturated rings. The summed E-state index contributed by atoms with van der Waals surface area (Å²) in [5.41, 5.74) is -7.03. The van der Waals surface area contributed by atoms with E-state index in [2.05, 4.69) is 0 Å². The molecular formula is C31H38O12. The first-order valence-corrected chi connectivity index (χ1v) is 14.3. The van der Waals surface area contributed by atoms with Crippen LogP contribution in [0.1, 0.15) is 57.8 Å². The van der Waals surface area contributed by atoms with Crippen LogP contribution in [-0.4, -0.2) is 88.5 Å². The average molecular weight is 603 g/mol. The first kappa shape index (κ1) is 31.1. The summed E-state index contributed by atoms with van der Waals surface area (Å²) in [4.78, 5) is 53.6. The van der Waals surface area contributed by atoms with Crippen LogP contribution in [0.3, 0.4) is 0 Å². The summed E-state index contributed by atoms with van der Waals surface area (Å²) in [5, 5.41) is 35.9. The third-order valence-corrected chi connectivity index (χ3v) is 10.3. The predicted molar refractivity (Wildman–Crippen MR) is 146 cm³/mol. The van der Waals surface area contributed by atoms with Gasteiger partial charge in [-0.1, -0.05) is 39.0 Å². The minimum absolute atomic E-state index is 0.136. The van der Waals surface area contributed by atoms with Crippen molar-refractivity contribution in [1.29, 1.82) is 0 Å². The quantitative estimate of drug-likeness (QED) is 0.339. The van der Waals surface area contributed by atoms with Crippen molar-refractivity contribution in [2.24, 2.45) is 22.7 Å². The van der Waals surface area contributed by atoms with Gasteiger partial charge in [0.25, 0.3) is 0 Å². The van der Waals surface area contributed by atoms with Gasteiger partial charge in [-0.15, -0.1) is 0 Å². The third kappa shape index (κ3) is 4.33. The highest BCUT2D eigenvalue weighted by atomic mass is 16.8. The number of aliphatic hydroxyl groups is 3. The Balaban J connectivity index is 1.86. The Hall–Kier alpha value is -3.32. The zero-order valence-electron chi connectivity index (χ0n) is 25.0. The van der Waals surface area contributed by atoms with Crippen molar-refractivity contribution >= 4 is 23.9 Å². The lowest BCUT2D eigenvalue weighted by Gasteiger charge is -2.66. The normalized spacial score (nSPS) is 39.6. The van der Waals surface area contributed by atoms with E-state index in [0.29, 0.717) is 0 Å². The number of carbonyl (C=O) groups excluding carboxylic acids is 4. The number of ketones is 1. The Bertz CT molecular complexity index is 1370. The van der Waals surface area contributed by atoms with Crippen molar-refractivity contribution in [1.82, 2.24) is 0 Å². The van der Waals surface area contributed by atoms with Crippen LogP contribution >= 0.6 is 0 Å². The molecule has 0 spiro atoms.